The van der Waals surface area contributed by atoms with E-state index in [2.05, 4.69) is 19.3 Å². The average molecular weight is 266 g/mol. The smallest absolute Gasteiger partial charge is 0.119 e. The molecule has 1 rings (SSSR count). The van der Waals surface area contributed by atoms with E-state index in [0.29, 0.717) is 0 Å². The van der Waals surface area contributed by atoms with Gasteiger partial charge in [-0.3, -0.25) is 11.3 Å². The highest BCUT2D eigenvalue weighted by Gasteiger charge is 2.33. The normalized spacial score (nSPS) is 16.2. The Bertz CT molecular complexity index is 372. The van der Waals surface area contributed by atoms with Gasteiger partial charge in [0.25, 0.3) is 0 Å². The Labute approximate surface area is 116 Å². The standard InChI is InChI=1S/C15H26N2O2/c1-6-15(4,18-5)14(17-16)12-7-9-13(10-8-12)19-11(2)3/h7-11,14,17H,6,16H2,1-5H3. The van der Waals surface area contributed by atoms with Crippen molar-refractivity contribution in [1.82, 2.24) is 5.43 Å². The lowest BCUT2D eigenvalue weighted by atomic mass is 9.88. The summed E-state index contributed by atoms with van der Waals surface area (Å²) in [6, 6.07) is 7.91. The summed E-state index contributed by atoms with van der Waals surface area (Å²) in [7, 11) is 1.71. The fourth-order valence-electron chi connectivity index (χ4n) is 2.10. The van der Waals surface area contributed by atoms with Gasteiger partial charge in [-0.1, -0.05) is 19.1 Å². The quantitative estimate of drug-likeness (QED) is 0.588. The van der Waals surface area contributed by atoms with Gasteiger partial charge in [-0.25, -0.2) is 0 Å². The molecule has 0 fully saturated rings. The van der Waals surface area contributed by atoms with Crippen LogP contribution in [0.4, 0.5) is 0 Å². The minimum Gasteiger partial charge on any atom is -0.491 e. The summed E-state index contributed by atoms with van der Waals surface area (Å²) >= 11 is 0. The van der Waals surface area contributed by atoms with E-state index in [1.807, 2.05) is 38.1 Å². The minimum atomic E-state index is -0.338. The summed E-state index contributed by atoms with van der Waals surface area (Å²) < 4.78 is 11.3. The van der Waals surface area contributed by atoms with Crippen molar-refractivity contribution in [2.45, 2.75) is 51.9 Å². The summed E-state index contributed by atoms with van der Waals surface area (Å²) in [6.07, 6.45) is 1.04. The zero-order valence-corrected chi connectivity index (χ0v) is 12.6. The molecule has 0 amide bonds. The van der Waals surface area contributed by atoms with E-state index >= 15 is 0 Å². The van der Waals surface area contributed by atoms with Crippen molar-refractivity contribution >= 4 is 0 Å². The van der Waals surface area contributed by atoms with Gasteiger partial charge in [-0.05, 0) is 44.9 Å². The van der Waals surface area contributed by atoms with Crippen LogP contribution in [0.1, 0.15) is 45.7 Å². The second kappa shape index (κ2) is 6.89. The molecular weight excluding hydrogens is 240 g/mol. The third-order valence-electron chi connectivity index (χ3n) is 3.53. The maximum absolute atomic E-state index is 5.70. The molecule has 0 aliphatic heterocycles. The van der Waals surface area contributed by atoms with Gasteiger partial charge in [0.05, 0.1) is 17.7 Å². The van der Waals surface area contributed by atoms with Gasteiger partial charge >= 0.3 is 0 Å². The number of hydrogen-bond acceptors (Lipinski definition) is 4. The average Bonchev–Trinajstić information content (AvgIpc) is 2.40. The number of ether oxygens (including phenoxy) is 2. The summed E-state index contributed by atoms with van der Waals surface area (Å²) in [5.41, 5.74) is 3.60. The van der Waals surface area contributed by atoms with Crippen LogP contribution in [0.25, 0.3) is 0 Å². The Morgan fingerprint density at radius 2 is 1.84 bits per heavy atom. The fourth-order valence-corrected chi connectivity index (χ4v) is 2.10. The Morgan fingerprint density at radius 1 is 1.26 bits per heavy atom. The molecule has 0 aliphatic carbocycles. The molecule has 0 aliphatic rings. The van der Waals surface area contributed by atoms with E-state index in [1.165, 1.54) is 0 Å². The minimum absolute atomic E-state index is 0.0596. The molecule has 0 heterocycles. The molecule has 2 atom stereocenters. The molecule has 0 spiro atoms. The lowest BCUT2D eigenvalue weighted by Crippen LogP contribution is -2.45. The van der Waals surface area contributed by atoms with Crippen molar-refractivity contribution in [1.29, 1.82) is 0 Å². The van der Waals surface area contributed by atoms with Crippen molar-refractivity contribution in [2.75, 3.05) is 7.11 Å². The molecule has 19 heavy (non-hydrogen) atoms. The molecule has 4 nitrogen and oxygen atoms in total. The van der Waals surface area contributed by atoms with Gasteiger partial charge in [0.1, 0.15) is 5.75 Å². The Kier molecular flexibility index (Phi) is 5.79. The van der Waals surface area contributed by atoms with Gasteiger partial charge in [0, 0.05) is 7.11 Å². The summed E-state index contributed by atoms with van der Waals surface area (Å²) in [4.78, 5) is 0. The predicted molar refractivity (Wildman–Crippen MR) is 78.0 cm³/mol. The number of hydrogen-bond donors (Lipinski definition) is 2. The van der Waals surface area contributed by atoms with Crippen molar-refractivity contribution in [3.63, 3.8) is 0 Å². The van der Waals surface area contributed by atoms with Crippen molar-refractivity contribution in [2.24, 2.45) is 5.84 Å². The lowest BCUT2D eigenvalue weighted by molar-refractivity contribution is -0.0300. The number of rotatable bonds is 7. The molecule has 4 heteroatoms. The van der Waals surface area contributed by atoms with Crippen LogP contribution < -0.4 is 16.0 Å². The number of methoxy groups -OCH3 is 1. The fraction of sp³-hybridized carbons (Fsp3) is 0.600. The number of benzene rings is 1. The zero-order valence-electron chi connectivity index (χ0n) is 12.6. The maximum atomic E-state index is 5.70. The second-order valence-corrected chi connectivity index (χ2v) is 5.21. The van der Waals surface area contributed by atoms with E-state index in [4.69, 9.17) is 15.3 Å². The molecule has 0 aromatic heterocycles. The summed E-state index contributed by atoms with van der Waals surface area (Å²) in [5.74, 6) is 6.57. The Balaban J connectivity index is 2.94. The van der Waals surface area contributed by atoms with Crippen LogP contribution in [0.2, 0.25) is 0 Å². The molecule has 108 valence electrons. The van der Waals surface area contributed by atoms with Crippen LogP contribution in [0.15, 0.2) is 24.3 Å². The third-order valence-corrected chi connectivity index (χ3v) is 3.53. The lowest BCUT2D eigenvalue weighted by Gasteiger charge is -2.35. The van der Waals surface area contributed by atoms with Crippen LogP contribution in [-0.2, 0) is 4.74 Å². The van der Waals surface area contributed by atoms with Crippen LogP contribution in [0, 0.1) is 0 Å². The van der Waals surface area contributed by atoms with Crippen molar-refractivity contribution in [3.05, 3.63) is 29.8 Å². The number of nitrogens with one attached hydrogen (secondary N) is 1. The highest BCUT2D eigenvalue weighted by atomic mass is 16.5. The van der Waals surface area contributed by atoms with Gasteiger partial charge < -0.3 is 9.47 Å². The monoisotopic (exact) mass is 266 g/mol. The van der Waals surface area contributed by atoms with Crippen LogP contribution in [0.5, 0.6) is 5.75 Å². The summed E-state index contributed by atoms with van der Waals surface area (Å²) in [5, 5.41) is 0. The highest BCUT2D eigenvalue weighted by Crippen LogP contribution is 2.31. The molecule has 2 unspecified atom stereocenters. The summed E-state index contributed by atoms with van der Waals surface area (Å²) in [6.45, 7) is 8.16. The van der Waals surface area contributed by atoms with Gasteiger partial charge in [-0.15, -0.1) is 0 Å². The first-order valence-electron chi connectivity index (χ1n) is 6.74. The number of nitrogens with two attached hydrogens (primary N) is 1. The van der Waals surface area contributed by atoms with Crippen molar-refractivity contribution < 1.29 is 9.47 Å². The molecule has 0 radical (unpaired) electrons. The van der Waals surface area contributed by atoms with Crippen molar-refractivity contribution in [3.8, 4) is 5.75 Å². The first kappa shape index (κ1) is 16.0. The Morgan fingerprint density at radius 3 is 2.21 bits per heavy atom. The predicted octanol–water partition coefficient (Wildman–Crippen LogP) is 2.79. The molecule has 0 bridgehead atoms. The first-order valence-corrected chi connectivity index (χ1v) is 6.74. The number of hydrazine groups is 1. The first-order chi connectivity index (χ1) is 8.96. The zero-order chi connectivity index (χ0) is 14.5. The van der Waals surface area contributed by atoms with E-state index in [1.54, 1.807) is 7.11 Å². The topological polar surface area (TPSA) is 56.5 Å². The highest BCUT2D eigenvalue weighted by molar-refractivity contribution is 5.30. The van der Waals surface area contributed by atoms with Gasteiger partial charge in [0.2, 0.25) is 0 Å². The molecule has 3 N–H and O–H groups in total. The van der Waals surface area contributed by atoms with E-state index in [0.717, 1.165) is 17.7 Å². The van der Waals surface area contributed by atoms with Gasteiger partial charge in [-0.2, -0.15) is 0 Å². The molecule has 0 saturated heterocycles. The molecular formula is C15H26N2O2. The SMILES string of the molecule is CCC(C)(OC)C(NN)c1ccc(OC(C)C)cc1. The molecule has 1 aromatic rings. The van der Waals surface area contributed by atoms with E-state index in [-0.39, 0.29) is 17.7 Å². The Hall–Kier alpha value is -1.10. The second-order valence-electron chi connectivity index (χ2n) is 5.21. The van der Waals surface area contributed by atoms with Crippen LogP contribution in [0.3, 0.4) is 0 Å². The third kappa shape index (κ3) is 3.93. The van der Waals surface area contributed by atoms with E-state index < -0.39 is 0 Å². The van der Waals surface area contributed by atoms with Crippen LogP contribution in [-0.4, -0.2) is 18.8 Å². The maximum Gasteiger partial charge on any atom is 0.119 e. The van der Waals surface area contributed by atoms with E-state index in [9.17, 15) is 0 Å². The van der Waals surface area contributed by atoms with Gasteiger partial charge in [0.15, 0.2) is 0 Å². The largest absolute Gasteiger partial charge is 0.491 e. The van der Waals surface area contributed by atoms with Crippen LogP contribution >= 0.6 is 0 Å². The molecule has 1 aromatic carbocycles. The molecule has 0 saturated carbocycles.